The molecule has 0 aromatic carbocycles. The van der Waals surface area contributed by atoms with Gasteiger partial charge in [-0.3, -0.25) is 0 Å². The van der Waals surface area contributed by atoms with Gasteiger partial charge in [-0.15, -0.1) is 0 Å². The monoisotopic (exact) mass is 266 g/mol. The van der Waals surface area contributed by atoms with E-state index in [1.807, 2.05) is 19.9 Å². The van der Waals surface area contributed by atoms with Gasteiger partial charge in [-0.1, -0.05) is 39.8 Å². The summed E-state index contributed by atoms with van der Waals surface area (Å²) in [6.07, 6.45) is 8.02. The second kappa shape index (κ2) is 9.82. The van der Waals surface area contributed by atoms with E-state index in [4.69, 9.17) is 4.74 Å². The van der Waals surface area contributed by atoms with Crippen molar-refractivity contribution in [3.8, 4) is 0 Å². The highest BCUT2D eigenvalue weighted by Crippen LogP contribution is 2.21. The highest BCUT2D eigenvalue weighted by atomic mass is 16.5. The Kier molecular flexibility index (Phi) is 9.28. The van der Waals surface area contributed by atoms with Crippen LogP contribution in [0.25, 0.3) is 0 Å². The summed E-state index contributed by atoms with van der Waals surface area (Å²) in [5.41, 5.74) is 0.947. The van der Waals surface area contributed by atoms with Crippen molar-refractivity contribution in [3.05, 3.63) is 23.8 Å². The number of ether oxygens (including phenoxy) is 1. The highest BCUT2D eigenvalue weighted by Gasteiger charge is 2.10. The van der Waals surface area contributed by atoms with E-state index in [1.54, 1.807) is 6.08 Å². The molecule has 0 saturated heterocycles. The van der Waals surface area contributed by atoms with Crippen LogP contribution in [0.3, 0.4) is 0 Å². The van der Waals surface area contributed by atoms with Crippen LogP contribution in [0.1, 0.15) is 54.4 Å². The molecule has 110 valence electrons. The first-order valence-corrected chi connectivity index (χ1v) is 7.38. The van der Waals surface area contributed by atoms with Crippen LogP contribution < -0.4 is 0 Å². The lowest BCUT2D eigenvalue weighted by molar-refractivity contribution is -0.137. The van der Waals surface area contributed by atoms with E-state index in [9.17, 15) is 4.79 Å². The molecule has 2 atom stereocenters. The van der Waals surface area contributed by atoms with Gasteiger partial charge in [-0.25, -0.2) is 4.79 Å². The van der Waals surface area contributed by atoms with E-state index in [0.29, 0.717) is 12.5 Å². The number of hydrogen-bond donors (Lipinski definition) is 0. The van der Waals surface area contributed by atoms with Crippen LogP contribution in [-0.2, 0) is 9.53 Å². The average Bonchev–Trinajstić information content (AvgIpc) is 2.28. The highest BCUT2D eigenvalue weighted by molar-refractivity contribution is 5.83. The smallest absolute Gasteiger partial charge is 0.330 e. The van der Waals surface area contributed by atoms with Gasteiger partial charge in [0.15, 0.2) is 0 Å². The molecule has 0 N–H and O–H groups in total. The summed E-state index contributed by atoms with van der Waals surface area (Å²) in [6, 6.07) is 0. The molecule has 0 bridgehead atoms. The average molecular weight is 266 g/mol. The van der Waals surface area contributed by atoms with Gasteiger partial charge in [0.25, 0.3) is 0 Å². The summed E-state index contributed by atoms with van der Waals surface area (Å²) in [5.74, 6) is 1.94. The van der Waals surface area contributed by atoms with Crippen molar-refractivity contribution in [3.63, 3.8) is 0 Å². The maximum absolute atomic E-state index is 11.2. The summed E-state index contributed by atoms with van der Waals surface area (Å²) in [6.45, 7) is 13.3. The maximum Gasteiger partial charge on any atom is 0.330 e. The van der Waals surface area contributed by atoms with E-state index in [1.165, 1.54) is 6.42 Å². The largest absolute Gasteiger partial charge is 0.463 e. The van der Waals surface area contributed by atoms with Gasteiger partial charge in [0.05, 0.1) is 6.61 Å². The lowest BCUT2D eigenvalue weighted by atomic mass is 9.87. The quantitative estimate of drug-likeness (QED) is 0.360. The lowest BCUT2D eigenvalue weighted by Crippen LogP contribution is -2.08. The molecule has 0 heterocycles. The van der Waals surface area contributed by atoms with Gasteiger partial charge < -0.3 is 4.74 Å². The number of carbonyl (C=O) groups excluding carboxylic acids is 1. The summed E-state index contributed by atoms with van der Waals surface area (Å²) >= 11 is 0. The number of esters is 1. The van der Waals surface area contributed by atoms with Gasteiger partial charge in [0.2, 0.25) is 0 Å². The topological polar surface area (TPSA) is 26.3 Å². The minimum absolute atomic E-state index is 0.258. The molecule has 19 heavy (non-hydrogen) atoms. The molecule has 0 fully saturated rings. The first kappa shape index (κ1) is 17.9. The zero-order valence-electron chi connectivity index (χ0n) is 13.4. The Labute approximate surface area is 118 Å². The van der Waals surface area contributed by atoms with E-state index >= 15 is 0 Å². The predicted molar refractivity (Wildman–Crippen MR) is 81.9 cm³/mol. The third kappa shape index (κ3) is 9.52. The van der Waals surface area contributed by atoms with Crippen molar-refractivity contribution in [2.24, 2.45) is 17.8 Å². The van der Waals surface area contributed by atoms with Crippen molar-refractivity contribution >= 4 is 5.97 Å². The minimum Gasteiger partial charge on any atom is -0.463 e. The molecule has 0 aliphatic rings. The molecule has 0 rings (SSSR count). The van der Waals surface area contributed by atoms with Crippen molar-refractivity contribution in [1.82, 2.24) is 0 Å². The van der Waals surface area contributed by atoms with Crippen molar-refractivity contribution in [2.75, 3.05) is 6.61 Å². The molecule has 0 amide bonds. The molecule has 0 radical (unpaired) electrons. The van der Waals surface area contributed by atoms with Crippen LogP contribution in [0.15, 0.2) is 23.8 Å². The summed E-state index contributed by atoms with van der Waals surface area (Å²) < 4.78 is 4.87. The minimum atomic E-state index is -0.258. The Morgan fingerprint density at radius 2 is 1.84 bits per heavy atom. The maximum atomic E-state index is 11.2. The number of rotatable bonds is 8. The SMILES string of the molecule is CCOC(=O)/C=C(C)/C=C/CC(C)CC(C)C(C)C. The summed E-state index contributed by atoms with van der Waals surface area (Å²) in [7, 11) is 0. The first-order chi connectivity index (χ1) is 8.86. The van der Waals surface area contributed by atoms with Crippen molar-refractivity contribution < 1.29 is 9.53 Å². The van der Waals surface area contributed by atoms with Crippen LogP contribution >= 0.6 is 0 Å². The molecule has 0 aromatic rings. The van der Waals surface area contributed by atoms with Crippen LogP contribution in [-0.4, -0.2) is 12.6 Å². The molecule has 2 nitrogen and oxygen atoms in total. The third-order valence-corrected chi connectivity index (χ3v) is 3.46. The number of carbonyl (C=O) groups is 1. The molecule has 0 saturated carbocycles. The van der Waals surface area contributed by atoms with Crippen LogP contribution in [0, 0.1) is 17.8 Å². The van der Waals surface area contributed by atoms with Crippen molar-refractivity contribution in [2.45, 2.75) is 54.4 Å². The Morgan fingerprint density at radius 1 is 1.21 bits per heavy atom. The van der Waals surface area contributed by atoms with E-state index < -0.39 is 0 Å². The zero-order chi connectivity index (χ0) is 14.8. The third-order valence-electron chi connectivity index (χ3n) is 3.46. The van der Waals surface area contributed by atoms with Crippen LogP contribution in [0.4, 0.5) is 0 Å². The summed E-state index contributed by atoms with van der Waals surface area (Å²) in [5, 5.41) is 0. The van der Waals surface area contributed by atoms with Gasteiger partial charge in [0, 0.05) is 6.08 Å². The Balaban J connectivity index is 4.10. The molecule has 2 heteroatoms. The molecule has 2 unspecified atom stereocenters. The fourth-order valence-electron chi connectivity index (χ4n) is 1.91. The molecular formula is C17H30O2. The number of allylic oxidation sites excluding steroid dienone is 3. The normalized spacial score (nSPS) is 15.8. The van der Waals surface area contributed by atoms with E-state index in [2.05, 4.69) is 33.8 Å². The lowest BCUT2D eigenvalue weighted by Gasteiger charge is -2.19. The van der Waals surface area contributed by atoms with Crippen LogP contribution in [0.2, 0.25) is 0 Å². The Hall–Kier alpha value is -1.05. The molecule has 0 spiro atoms. The fourth-order valence-corrected chi connectivity index (χ4v) is 1.91. The molecule has 0 aliphatic heterocycles. The second-order valence-electron chi connectivity index (χ2n) is 5.84. The van der Waals surface area contributed by atoms with Crippen molar-refractivity contribution in [1.29, 1.82) is 0 Å². The van der Waals surface area contributed by atoms with Gasteiger partial charge in [-0.2, -0.15) is 0 Å². The Morgan fingerprint density at radius 3 is 2.37 bits per heavy atom. The first-order valence-electron chi connectivity index (χ1n) is 7.38. The van der Waals surface area contributed by atoms with Gasteiger partial charge in [-0.05, 0) is 50.0 Å². The van der Waals surface area contributed by atoms with Crippen LogP contribution in [0.5, 0.6) is 0 Å². The van der Waals surface area contributed by atoms with Gasteiger partial charge in [0.1, 0.15) is 0 Å². The Bertz CT molecular complexity index is 313. The molecular weight excluding hydrogens is 236 g/mol. The molecule has 0 aromatic heterocycles. The zero-order valence-corrected chi connectivity index (χ0v) is 13.4. The van der Waals surface area contributed by atoms with Gasteiger partial charge >= 0.3 is 5.97 Å². The standard InChI is InChI=1S/C17H30O2/c1-7-19-17(18)12-15(5)10-8-9-14(4)11-16(6)13(2)3/h8,10,12-14,16H,7,9,11H2,1-6H3/b10-8+,15-12+. The second-order valence-corrected chi connectivity index (χ2v) is 5.84. The summed E-state index contributed by atoms with van der Waals surface area (Å²) in [4.78, 5) is 11.2. The number of hydrogen-bond acceptors (Lipinski definition) is 2. The molecule has 0 aliphatic carbocycles. The van der Waals surface area contributed by atoms with E-state index in [0.717, 1.165) is 23.8 Å². The van der Waals surface area contributed by atoms with E-state index in [-0.39, 0.29) is 5.97 Å². The predicted octanol–water partition coefficient (Wildman–Crippen LogP) is 4.76. The fraction of sp³-hybridized carbons (Fsp3) is 0.706.